The molecule has 1 aromatic rings. The second-order valence-electron chi connectivity index (χ2n) is 4.96. The smallest absolute Gasteiger partial charge is 0.322 e. The molecule has 0 radical (unpaired) electrons. The average molecular weight is 341 g/mol. The van der Waals surface area contributed by atoms with Crippen molar-refractivity contribution in [2.45, 2.75) is 19.9 Å². The molecule has 0 bridgehead atoms. The minimum atomic E-state index is -0.440. The number of anilines is 1. The van der Waals surface area contributed by atoms with Gasteiger partial charge in [0.2, 0.25) is 5.91 Å². The number of amides is 3. The number of pyridine rings is 1. The van der Waals surface area contributed by atoms with Crippen molar-refractivity contribution >= 4 is 33.6 Å². The van der Waals surface area contributed by atoms with Crippen molar-refractivity contribution in [3.63, 3.8) is 0 Å². The molecular formula is C13H17BrN4O2. The number of halogens is 1. The summed E-state index contributed by atoms with van der Waals surface area (Å²) < 4.78 is 0.705. The molecule has 0 aliphatic carbocycles. The first kappa shape index (κ1) is 14.8. The Morgan fingerprint density at radius 2 is 2.35 bits per heavy atom. The fraction of sp³-hybridized carbons (Fsp3) is 0.462. The maximum Gasteiger partial charge on any atom is 0.322 e. The third-order valence-electron chi connectivity index (χ3n) is 3.16. The van der Waals surface area contributed by atoms with E-state index in [1.807, 2.05) is 13.8 Å². The molecule has 0 spiro atoms. The van der Waals surface area contributed by atoms with E-state index in [2.05, 4.69) is 31.5 Å². The largest absolute Gasteiger partial charge is 0.353 e. The van der Waals surface area contributed by atoms with E-state index in [1.165, 1.54) is 0 Å². The lowest BCUT2D eigenvalue weighted by Crippen LogP contribution is -2.60. The third kappa shape index (κ3) is 3.09. The van der Waals surface area contributed by atoms with E-state index in [0.29, 0.717) is 23.2 Å². The lowest BCUT2D eigenvalue weighted by molar-refractivity contribution is -0.129. The number of nitrogens with one attached hydrogen (secondary N) is 2. The molecule has 3 amide bonds. The Morgan fingerprint density at radius 1 is 1.60 bits per heavy atom. The van der Waals surface area contributed by atoms with Crippen LogP contribution in [0.15, 0.2) is 22.9 Å². The molecule has 108 valence electrons. The van der Waals surface area contributed by atoms with Gasteiger partial charge >= 0.3 is 6.03 Å². The summed E-state index contributed by atoms with van der Waals surface area (Å²) in [6.07, 6.45) is 3.21. The summed E-state index contributed by atoms with van der Waals surface area (Å²) in [6.45, 7) is 4.84. The molecule has 1 aromatic heterocycles. The van der Waals surface area contributed by atoms with Crippen molar-refractivity contribution in [3.05, 3.63) is 22.9 Å². The van der Waals surface area contributed by atoms with Gasteiger partial charge in [-0.1, -0.05) is 13.8 Å². The number of piperazine rings is 1. The van der Waals surface area contributed by atoms with Gasteiger partial charge in [-0.05, 0) is 27.9 Å². The molecule has 7 heteroatoms. The van der Waals surface area contributed by atoms with E-state index in [9.17, 15) is 9.59 Å². The van der Waals surface area contributed by atoms with Crippen LogP contribution in [0, 0.1) is 5.92 Å². The predicted octanol–water partition coefficient (Wildman–Crippen LogP) is 1.83. The molecular weight excluding hydrogens is 324 g/mol. The van der Waals surface area contributed by atoms with Gasteiger partial charge in [-0.2, -0.15) is 0 Å². The Kier molecular flexibility index (Phi) is 4.59. The molecule has 1 fully saturated rings. The maximum atomic E-state index is 12.4. The number of hydrogen-bond acceptors (Lipinski definition) is 3. The lowest BCUT2D eigenvalue weighted by atomic mass is 10.00. The van der Waals surface area contributed by atoms with E-state index in [0.717, 1.165) is 0 Å². The van der Waals surface area contributed by atoms with Crippen molar-refractivity contribution in [2.75, 3.05) is 18.4 Å². The van der Waals surface area contributed by atoms with E-state index < -0.39 is 6.04 Å². The SMILES string of the molecule is CC(C)C1C(=O)NCCN1C(=O)Nc1ccncc1Br. The van der Waals surface area contributed by atoms with Crippen LogP contribution in [0.2, 0.25) is 0 Å². The van der Waals surface area contributed by atoms with Crippen LogP contribution in [0.3, 0.4) is 0 Å². The van der Waals surface area contributed by atoms with Crippen LogP contribution < -0.4 is 10.6 Å². The minimum absolute atomic E-state index is 0.0573. The van der Waals surface area contributed by atoms with Crippen molar-refractivity contribution in [1.82, 2.24) is 15.2 Å². The molecule has 0 aromatic carbocycles. The molecule has 1 saturated heterocycles. The normalized spacial score (nSPS) is 18.9. The van der Waals surface area contributed by atoms with Crippen molar-refractivity contribution < 1.29 is 9.59 Å². The molecule has 20 heavy (non-hydrogen) atoms. The molecule has 1 unspecified atom stereocenters. The minimum Gasteiger partial charge on any atom is -0.353 e. The monoisotopic (exact) mass is 340 g/mol. The summed E-state index contributed by atoms with van der Waals surface area (Å²) in [4.78, 5) is 29.8. The van der Waals surface area contributed by atoms with Crippen LogP contribution in [0.4, 0.5) is 10.5 Å². The molecule has 2 rings (SSSR count). The maximum absolute atomic E-state index is 12.4. The van der Waals surface area contributed by atoms with Gasteiger partial charge in [0.25, 0.3) is 0 Å². The summed E-state index contributed by atoms with van der Waals surface area (Å²) in [5.74, 6) is -0.0443. The Bertz CT molecular complexity index is 521. The van der Waals surface area contributed by atoms with Crippen LogP contribution >= 0.6 is 15.9 Å². The van der Waals surface area contributed by atoms with E-state index in [-0.39, 0.29) is 17.9 Å². The van der Waals surface area contributed by atoms with E-state index in [4.69, 9.17) is 0 Å². The quantitative estimate of drug-likeness (QED) is 0.862. The number of carbonyl (C=O) groups excluding carboxylic acids is 2. The van der Waals surface area contributed by atoms with Crippen molar-refractivity contribution in [2.24, 2.45) is 5.92 Å². The lowest BCUT2D eigenvalue weighted by Gasteiger charge is -2.37. The van der Waals surface area contributed by atoms with Crippen LogP contribution in [0.25, 0.3) is 0 Å². The fourth-order valence-electron chi connectivity index (χ4n) is 2.24. The highest BCUT2D eigenvalue weighted by Gasteiger charge is 2.35. The molecule has 1 atom stereocenters. The standard InChI is InChI=1S/C13H17BrN4O2/c1-8(2)11-12(19)16-5-6-18(11)13(20)17-10-3-4-15-7-9(10)14/h3-4,7-8,11H,5-6H2,1-2H3,(H,16,19)(H,15,17,20). The number of hydrogen-bond donors (Lipinski definition) is 2. The Hall–Kier alpha value is -1.63. The number of nitrogens with zero attached hydrogens (tertiary/aromatic N) is 2. The Morgan fingerprint density at radius 3 is 3.00 bits per heavy atom. The first-order chi connectivity index (χ1) is 9.50. The highest BCUT2D eigenvalue weighted by Crippen LogP contribution is 2.22. The van der Waals surface area contributed by atoms with Crippen LogP contribution in [-0.4, -0.2) is 41.0 Å². The van der Waals surface area contributed by atoms with Gasteiger partial charge in [0.1, 0.15) is 6.04 Å². The summed E-state index contributed by atoms with van der Waals surface area (Å²) in [6, 6.07) is 0.992. The summed E-state index contributed by atoms with van der Waals surface area (Å²) in [7, 11) is 0. The second-order valence-corrected chi connectivity index (χ2v) is 5.81. The fourth-order valence-corrected chi connectivity index (χ4v) is 2.59. The van der Waals surface area contributed by atoms with Gasteiger partial charge in [0.05, 0.1) is 10.2 Å². The molecule has 2 N–H and O–H groups in total. The van der Waals surface area contributed by atoms with Gasteiger partial charge in [-0.15, -0.1) is 0 Å². The Labute approximate surface area is 126 Å². The number of carbonyl (C=O) groups is 2. The van der Waals surface area contributed by atoms with E-state index >= 15 is 0 Å². The van der Waals surface area contributed by atoms with Crippen molar-refractivity contribution in [3.8, 4) is 0 Å². The van der Waals surface area contributed by atoms with Gasteiger partial charge in [-0.25, -0.2) is 4.79 Å². The molecule has 1 aliphatic heterocycles. The van der Waals surface area contributed by atoms with Gasteiger partial charge in [-0.3, -0.25) is 9.78 Å². The predicted molar refractivity (Wildman–Crippen MR) is 79.3 cm³/mol. The van der Waals surface area contributed by atoms with Gasteiger partial charge in [0, 0.05) is 25.5 Å². The molecule has 6 nitrogen and oxygen atoms in total. The van der Waals surface area contributed by atoms with Crippen LogP contribution in [0.1, 0.15) is 13.8 Å². The zero-order valence-corrected chi connectivity index (χ0v) is 13.0. The highest BCUT2D eigenvalue weighted by molar-refractivity contribution is 9.10. The average Bonchev–Trinajstić information content (AvgIpc) is 2.40. The second kappa shape index (κ2) is 6.21. The summed E-state index contributed by atoms with van der Waals surface area (Å²) in [5.41, 5.74) is 0.637. The van der Waals surface area contributed by atoms with E-state index in [1.54, 1.807) is 23.4 Å². The van der Waals surface area contributed by atoms with Crippen molar-refractivity contribution in [1.29, 1.82) is 0 Å². The summed E-state index contributed by atoms with van der Waals surface area (Å²) >= 11 is 3.33. The Balaban J connectivity index is 2.15. The number of aromatic nitrogens is 1. The first-order valence-corrected chi connectivity index (χ1v) is 7.25. The number of urea groups is 1. The third-order valence-corrected chi connectivity index (χ3v) is 3.79. The molecule has 1 aliphatic rings. The van der Waals surface area contributed by atoms with Gasteiger partial charge < -0.3 is 15.5 Å². The molecule has 2 heterocycles. The first-order valence-electron chi connectivity index (χ1n) is 6.45. The topological polar surface area (TPSA) is 74.3 Å². The number of rotatable bonds is 2. The highest BCUT2D eigenvalue weighted by atomic mass is 79.9. The zero-order chi connectivity index (χ0) is 14.7. The molecule has 0 saturated carbocycles. The van der Waals surface area contributed by atoms with Gasteiger partial charge in [0.15, 0.2) is 0 Å². The van der Waals surface area contributed by atoms with Crippen LogP contribution in [-0.2, 0) is 4.79 Å². The zero-order valence-electron chi connectivity index (χ0n) is 11.4. The van der Waals surface area contributed by atoms with Crippen LogP contribution in [0.5, 0.6) is 0 Å². The summed E-state index contributed by atoms with van der Waals surface area (Å²) in [5, 5.41) is 5.60.